The first kappa shape index (κ1) is 19.5. The van der Waals surface area contributed by atoms with E-state index in [1.54, 1.807) is 17.2 Å². The van der Waals surface area contributed by atoms with E-state index in [1.165, 1.54) is 0 Å². The Morgan fingerprint density at radius 2 is 1.79 bits per heavy atom. The number of pyridine rings is 2. The highest BCUT2D eigenvalue weighted by Gasteiger charge is 2.21. The van der Waals surface area contributed by atoms with E-state index in [0.717, 1.165) is 34.5 Å². The molecule has 0 radical (unpaired) electrons. The number of benzene rings is 1. The molecule has 0 unspecified atom stereocenters. The van der Waals surface area contributed by atoms with E-state index in [9.17, 15) is 9.59 Å². The molecule has 3 rings (SSSR count). The quantitative estimate of drug-likeness (QED) is 0.713. The molecule has 1 aromatic carbocycles. The van der Waals surface area contributed by atoms with Crippen LogP contribution in [0.5, 0.6) is 0 Å². The number of amides is 1. The summed E-state index contributed by atoms with van der Waals surface area (Å²) in [6.07, 6.45) is 2.44. The van der Waals surface area contributed by atoms with Gasteiger partial charge in [0.25, 0.3) is 11.5 Å². The number of hydrogen-bond donors (Lipinski definition) is 1. The average Bonchev–Trinajstić information content (AvgIpc) is 2.70. The molecule has 0 aliphatic rings. The highest BCUT2D eigenvalue weighted by molar-refractivity contribution is 5.94. The number of hydrogen-bond acceptors (Lipinski definition) is 3. The number of aromatic nitrogens is 2. The molecule has 0 bridgehead atoms. The van der Waals surface area contributed by atoms with Crippen molar-refractivity contribution in [2.45, 2.75) is 40.3 Å². The minimum atomic E-state index is -0.344. The van der Waals surface area contributed by atoms with Crippen LogP contribution in [0.4, 0.5) is 0 Å². The molecule has 0 saturated carbocycles. The van der Waals surface area contributed by atoms with Gasteiger partial charge >= 0.3 is 0 Å². The van der Waals surface area contributed by atoms with Crippen molar-refractivity contribution in [2.24, 2.45) is 0 Å². The van der Waals surface area contributed by atoms with Crippen molar-refractivity contribution in [1.29, 1.82) is 0 Å². The zero-order valence-corrected chi connectivity index (χ0v) is 16.5. The van der Waals surface area contributed by atoms with Gasteiger partial charge in [0.1, 0.15) is 5.56 Å². The molecular formula is C23H25N3O2. The van der Waals surface area contributed by atoms with Crippen LogP contribution < -0.4 is 5.56 Å². The van der Waals surface area contributed by atoms with E-state index in [0.29, 0.717) is 13.1 Å². The third kappa shape index (κ3) is 4.36. The minimum Gasteiger partial charge on any atom is -0.328 e. The second kappa shape index (κ2) is 8.65. The van der Waals surface area contributed by atoms with Gasteiger partial charge in [0, 0.05) is 18.4 Å². The Bertz CT molecular complexity index is 1030. The van der Waals surface area contributed by atoms with E-state index in [4.69, 9.17) is 0 Å². The monoisotopic (exact) mass is 375 g/mol. The second-order valence-corrected chi connectivity index (χ2v) is 6.94. The Labute approximate surface area is 165 Å². The van der Waals surface area contributed by atoms with Crippen molar-refractivity contribution in [3.63, 3.8) is 0 Å². The summed E-state index contributed by atoms with van der Waals surface area (Å²) in [7, 11) is 0. The molecule has 0 aliphatic heterocycles. The SMILES string of the molecule is CCc1[nH]c(=O)c(C(=O)N(Cc2ccccc2)Cc2ncccc2C)cc1C. The van der Waals surface area contributed by atoms with Gasteiger partial charge in [-0.05, 0) is 49.1 Å². The lowest BCUT2D eigenvalue weighted by atomic mass is 10.1. The summed E-state index contributed by atoms with van der Waals surface area (Å²) in [5.41, 5.74) is 4.44. The predicted molar refractivity (Wildman–Crippen MR) is 110 cm³/mol. The Kier molecular flexibility index (Phi) is 6.04. The summed E-state index contributed by atoms with van der Waals surface area (Å²) in [6.45, 7) is 6.61. The number of aromatic amines is 1. The summed E-state index contributed by atoms with van der Waals surface area (Å²) < 4.78 is 0. The lowest BCUT2D eigenvalue weighted by Crippen LogP contribution is -2.35. The zero-order chi connectivity index (χ0) is 20.1. The summed E-state index contributed by atoms with van der Waals surface area (Å²) in [5, 5.41) is 0. The van der Waals surface area contributed by atoms with E-state index < -0.39 is 0 Å². The number of rotatable bonds is 6. The van der Waals surface area contributed by atoms with Gasteiger partial charge < -0.3 is 9.88 Å². The largest absolute Gasteiger partial charge is 0.328 e. The van der Waals surface area contributed by atoms with Crippen LogP contribution in [0.1, 0.15) is 45.4 Å². The molecule has 1 amide bonds. The summed E-state index contributed by atoms with van der Waals surface area (Å²) in [4.78, 5) is 34.8. The van der Waals surface area contributed by atoms with Gasteiger partial charge in [-0.3, -0.25) is 14.6 Å². The molecule has 0 saturated heterocycles. The fourth-order valence-corrected chi connectivity index (χ4v) is 3.24. The first-order chi connectivity index (χ1) is 13.5. The molecule has 0 atom stereocenters. The molecular weight excluding hydrogens is 350 g/mol. The number of nitrogens with zero attached hydrogens (tertiary/aromatic N) is 2. The fraction of sp³-hybridized carbons (Fsp3) is 0.261. The van der Waals surface area contributed by atoms with Gasteiger partial charge in [0.2, 0.25) is 0 Å². The summed E-state index contributed by atoms with van der Waals surface area (Å²) in [5.74, 6) is -0.291. The van der Waals surface area contributed by atoms with Crippen molar-refractivity contribution in [3.05, 3.63) is 98.7 Å². The molecule has 144 valence electrons. The Hall–Kier alpha value is -3.21. The molecule has 5 nitrogen and oxygen atoms in total. The molecule has 1 N–H and O–H groups in total. The lowest BCUT2D eigenvalue weighted by molar-refractivity contribution is 0.0725. The van der Waals surface area contributed by atoms with Crippen LogP contribution in [-0.2, 0) is 19.5 Å². The molecule has 28 heavy (non-hydrogen) atoms. The molecule has 3 aromatic rings. The van der Waals surface area contributed by atoms with Crippen molar-refractivity contribution < 1.29 is 4.79 Å². The van der Waals surface area contributed by atoms with Crippen LogP contribution >= 0.6 is 0 Å². The van der Waals surface area contributed by atoms with Gasteiger partial charge in [0.15, 0.2) is 0 Å². The number of aryl methyl sites for hydroxylation is 3. The van der Waals surface area contributed by atoms with Crippen molar-refractivity contribution in [3.8, 4) is 0 Å². The standard InChI is InChI=1S/C23H25N3O2/c1-4-20-17(3)13-19(22(27)25-20)23(28)26(14-18-10-6-5-7-11-18)15-21-16(2)9-8-12-24-21/h5-13H,4,14-15H2,1-3H3,(H,25,27). The van der Waals surface area contributed by atoms with Crippen molar-refractivity contribution in [1.82, 2.24) is 14.9 Å². The van der Waals surface area contributed by atoms with Crippen LogP contribution in [0.25, 0.3) is 0 Å². The van der Waals surface area contributed by atoms with E-state index in [1.807, 2.05) is 63.2 Å². The molecule has 5 heteroatoms. The van der Waals surface area contributed by atoms with E-state index >= 15 is 0 Å². The maximum absolute atomic E-state index is 13.3. The number of carbonyl (C=O) groups is 1. The van der Waals surface area contributed by atoms with Crippen molar-refractivity contribution >= 4 is 5.91 Å². The molecule has 0 aliphatic carbocycles. The second-order valence-electron chi connectivity index (χ2n) is 6.94. The van der Waals surface area contributed by atoms with E-state index in [-0.39, 0.29) is 17.0 Å². The lowest BCUT2D eigenvalue weighted by Gasteiger charge is -2.23. The maximum Gasteiger partial charge on any atom is 0.261 e. The smallest absolute Gasteiger partial charge is 0.261 e. The normalized spacial score (nSPS) is 10.7. The van der Waals surface area contributed by atoms with Crippen LogP contribution in [0.3, 0.4) is 0 Å². The molecule has 2 heterocycles. The van der Waals surface area contributed by atoms with Crippen LogP contribution in [0, 0.1) is 13.8 Å². The third-order valence-corrected chi connectivity index (χ3v) is 4.89. The first-order valence-corrected chi connectivity index (χ1v) is 9.46. The molecule has 0 fully saturated rings. The van der Waals surface area contributed by atoms with Crippen LogP contribution in [0.15, 0.2) is 59.5 Å². The maximum atomic E-state index is 13.3. The van der Waals surface area contributed by atoms with Gasteiger partial charge in [-0.2, -0.15) is 0 Å². The van der Waals surface area contributed by atoms with E-state index in [2.05, 4.69) is 9.97 Å². The Morgan fingerprint density at radius 3 is 2.46 bits per heavy atom. The highest BCUT2D eigenvalue weighted by atomic mass is 16.2. The van der Waals surface area contributed by atoms with Crippen molar-refractivity contribution in [2.75, 3.05) is 0 Å². The Balaban J connectivity index is 1.98. The average molecular weight is 375 g/mol. The van der Waals surface area contributed by atoms with Crippen LogP contribution in [0.2, 0.25) is 0 Å². The third-order valence-electron chi connectivity index (χ3n) is 4.89. The fourth-order valence-electron chi connectivity index (χ4n) is 3.24. The van der Waals surface area contributed by atoms with Gasteiger partial charge in [-0.25, -0.2) is 0 Å². The Morgan fingerprint density at radius 1 is 1.04 bits per heavy atom. The van der Waals surface area contributed by atoms with Crippen LogP contribution in [-0.4, -0.2) is 20.8 Å². The first-order valence-electron chi connectivity index (χ1n) is 9.46. The van der Waals surface area contributed by atoms with Gasteiger partial charge in [0.05, 0.1) is 12.2 Å². The number of H-pyrrole nitrogens is 1. The zero-order valence-electron chi connectivity index (χ0n) is 16.5. The predicted octanol–water partition coefficient (Wildman–Crippen LogP) is 3.79. The summed E-state index contributed by atoms with van der Waals surface area (Å²) in [6, 6.07) is 15.3. The minimum absolute atomic E-state index is 0.166. The van der Waals surface area contributed by atoms with Gasteiger partial charge in [-0.1, -0.05) is 43.3 Å². The van der Waals surface area contributed by atoms with Gasteiger partial charge in [-0.15, -0.1) is 0 Å². The molecule has 0 spiro atoms. The summed E-state index contributed by atoms with van der Waals surface area (Å²) >= 11 is 0. The topological polar surface area (TPSA) is 66.1 Å². The number of nitrogens with one attached hydrogen (secondary N) is 1. The molecule has 2 aromatic heterocycles. The number of carbonyl (C=O) groups excluding carboxylic acids is 1. The highest BCUT2D eigenvalue weighted by Crippen LogP contribution is 2.15.